The average molecular weight is 533 g/mol. The maximum absolute atomic E-state index is 13.9. The maximum Gasteiger partial charge on any atom is 0.308 e. The van der Waals surface area contributed by atoms with Gasteiger partial charge >= 0.3 is 5.97 Å². The van der Waals surface area contributed by atoms with Crippen molar-refractivity contribution in [2.45, 2.75) is 51.1 Å². The molecule has 0 aliphatic carbocycles. The molecule has 2 aromatic heterocycles. The second-order valence-corrected chi connectivity index (χ2v) is 10.6. The molecule has 0 radical (unpaired) electrons. The quantitative estimate of drug-likeness (QED) is 0.382. The number of carbonyl (C=O) groups is 2. The molecule has 5 rings (SSSR count). The van der Waals surface area contributed by atoms with Crippen LogP contribution in [0.3, 0.4) is 0 Å². The summed E-state index contributed by atoms with van der Waals surface area (Å²) in [4.78, 5) is 34.7. The van der Waals surface area contributed by atoms with Crippen molar-refractivity contribution in [3.63, 3.8) is 0 Å². The monoisotopic (exact) mass is 532 g/mol. The van der Waals surface area contributed by atoms with Crippen molar-refractivity contribution < 1.29 is 24.0 Å². The van der Waals surface area contributed by atoms with Crippen molar-refractivity contribution in [1.82, 2.24) is 14.5 Å². The highest BCUT2D eigenvalue weighted by molar-refractivity contribution is 5.94. The van der Waals surface area contributed by atoms with Crippen molar-refractivity contribution >= 4 is 17.6 Å². The zero-order chi connectivity index (χ0) is 27.4. The van der Waals surface area contributed by atoms with Crippen LogP contribution in [0.15, 0.2) is 61.4 Å². The number of rotatable bonds is 11. The van der Waals surface area contributed by atoms with E-state index in [2.05, 4.69) is 22.9 Å². The van der Waals surface area contributed by atoms with Gasteiger partial charge in [-0.1, -0.05) is 25.5 Å². The lowest BCUT2D eigenvalue weighted by Gasteiger charge is -2.29. The number of carbonyl (C=O) groups excluding carboxylic acids is 1. The Hall–Kier alpha value is -3.72. The molecular formula is C30H38N5O4+. The predicted octanol–water partition coefficient (Wildman–Crippen LogP) is 3.03. The first kappa shape index (κ1) is 26.9. The summed E-state index contributed by atoms with van der Waals surface area (Å²) < 4.78 is 9.60. The number of carboxylic acids is 1. The fraction of sp³-hybridized carbons (Fsp3) is 0.467. The number of ether oxygens (including phenoxy) is 1. The number of carboxylic acid groups (broad SMARTS) is 1. The van der Waals surface area contributed by atoms with E-state index in [4.69, 9.17) is 4.74 Å². The molecule has 4 heterocycles. The minimum atomic E-state index is -0.819. The van der Waals surface area contributed by atoms with Crippen LogP contribution >= 0.6 is 0 Å². The minimum absolute atomic E-state index is 0.00516. The molecule has 2 aliphatic rings. The Morgan fingerprint density at radius 1 is 1.28 bits per heavy atom. The van der Waals surface area contributed by atoms with Crippen molar-refractivity contribution in [3.8, 4) is 5.75 Å². The zero-order valence-corrected chi connectivity index (χ0v) is 22.8. The van der Waals surface area contributed by atoms with Crippen LogP contribution in [0.1, 0.15) is 43.2 Å². The van der Waals surface area contributed by atoms with Crippen LogP contribution in [-0.4, -0.2) is 63.7 Å². The van der Waals surface area contributed by atoms with E-state index in [1.54, 1.807) is 12.5 Å². The summed E-state index contributed by atoms with van der Waals surface area (Å²) in [6.07, 6.45) is 12.6. The number of benzene rings is 1. The standard InChI is InChI=1S/C30H37N5O4/c1-3-4-13-35(24-6-5-12-32(2)18-24)28(36)20-34-19-25(22-7-8-27-23(17-22)10-16-39-27)29(30(37)38)26(34)9-14-33-15-11-31-21-33/h5-8,11-12,15,17-18,21,25-26,29H,3-4,9-10,13-14,16,19-20H2,1-2H3/p+1/t25-,26+,29?/m1/s1. The number of pyridine rings is 1. The molecule has 1 aromatic carbocycles. The van der Waals surface area contributed by atoms with E-state index >= 15 is 0 Å². The van der Waals surface area contributed by atoms with Gasteiger partial charge in [0.1, 0.15) is 18.5 Å². The smallest absolute Gasteiger partial charge is 0.308 e. The van der Waals surface area contributed by atoms with Gasteiger partial charge in [-0.2, -0.15) is 0 Å². The lowest BCUT2D eigenvalue weighted by molar-refractivity contribution is -0.670. The molecule has 1 fully saturated rings. The van der Waals surface area contributed by atoms with Gasteiger partial charge in [0.25, 0.3) is 0 Å². The molecule has 1 unspecified atom stereocenters. The van der Waals surface area contributed by atoms with E-state index in [1.807, 2.05) is 63.9 Å². The van der Waals surface area contributed by atoms with Crippen LogP contribution in [-0.2, 0) is 29.6 Å². The van der Waals surface area contributed by atoms with E-state index in [0.717, 1.165) is 41.8 Å². The fourth-order valence-corrected chi connectivity index (χ4v) is 6.03. The molecule has 1 amide bonds. The SMILES string of the molecule is CCCCN(C(=O)CN1C[C@H](c2ccc3c(c2)CCO3)C(C(=O)O)[C@@H]1CCn1ccnc1)c1ccc[n+](C)c1. The molecule has 9 nitrogen and oxygen atoms in total. The molecule has 39 heavy (non-hydrogen) atoms. The number of fused-ring (bicyclic) bond motifs is 1. The van der Waals surface area contributed by atoms with Crippen LogP contribution in [0.4, 0.5) is 5.69 Å². The summed E-state index contributed by atoms with van der Waals surface area (Å²) in [5, 5.41) is 10.5. The Morgan fingerprint density at radius 3 is 2.90 bits per heavy atom. The van der Waals surface area contributed by atoms with Crippen LogP contribution in [0, 0.1) is 5.92 Å². The van der Waals surface area contributed by atoms with Gasteiger partial charge in [0.2, 0.25) is 5.91 Å². The number of likely N-dealkylation sites (tertiary alicyclic amines) is 1. The third kappa shape index (κ3) is 5.98. The van der Waals surface area contributed by atoms with Gasteiger partial charge in [0, 0.05) is 56.5 Å². The number of hydrogen-bond acceptors (Lipinski definition) is 5. The van der Waals surface area contributed by atoms with Gasteiger partial charge in [0.15, 0.2) is 12.4 Å². The molecule has 3 atom stereocenters. The highest BCUT2D eigenvalue weighted by atomic mass is 16.5. The largest absolute Gasteiger partial charge is 0.493 e. The molecule has 9 heteroatoms. The van der Waals surface area contributed by atoms with Crippen molar-refractivity contribution in [3.05, 3.63) is 72.6 Å². The van der Waals surface area contributed by atoms with Crippen molar-refractivity contribution in [2.75, 3.05) is 31.1 Å². The van der Waals surface area contributed by atoms with Crippen LogP contribution in [0.5, 0.6) is 5.75 Å². The number of imidazole rings is 1. The fourth-order valence-electron chi connectivity index (χ4n) is 6.03. The minimum Gasteiger partial charge on any atom is -0.493 e. The lowest BCUT2D eigenvalue weighted by Crippen LogP contribution is -2.45. The number of nitrogens with zero attached hydrogens (tertiary/aromatic N) is 5. The molecule has 0 saturated carbocycles. The van der Waals surface area contributed by atoms with Gasteiger partial charge in [-0.15, -0.1) is 0 Å². The van der Waals surface area contributed by atoms with E-state index in [-0.39, 0.29) is 24.4 Å². The number of amides is 1. The van der Waals surface area contributed by atoms with Crippen LogP contribution in [0.2, 0.25) is 0 Å². The molecule has 2 aliphatic heterocycles. The third-order valence-corrected chi connectivity index (χ3v) is 8.03. The Kier molecular flexibility index (Phi) is 8.26. The first-order chi connectivity index (χ1) is 18.9. The highest BCUT2D eigenvalue weighted by Crippen LogP contribution is 2.41. The Morgan fingerprint density at radius 2 is 2.15 bits per heavy atom. The summed E-state index contributed by atoms with van der Waals surface area (Å²) in [6, 6.07) is 9.69. The normalized spacial score (nSPS) is 20.5. The van der Waals surface area contributed by atoms with E-state index in [0.29, 0.717) is 32.7 Å². The van der Waals surface area contributed by atoms with E-state index in [9.17, 15) is 14.7 Å². The number of hydrogen-bond donors (Lipinski definition) is 1. The molecular weight excluding hydrogens is 494 g/mol. The number of anilines is 1. The molecule has 0 spiro atoms. The van der Waals surface area contributed by atoms with Gasteiger partial charge in [-0.3, -0.25) is 14.5 Å². The van der Waals surface area contributed by atoms with Crippen LogP contribution < -0.4 is 14.2 Å². The van der Waals surface area contributed by atoms with Crippen molar-refractivity contribution in [1.29, 1.82) is 0 Å². The predicted molar refractivity (Wildman–Crippen MR) is 147 cm³/mol. The summed E-state index contributed by atoms with van der Waals surface area (Å²) in [7, 11) is 1.95. The van der Waals surface area contributed by atoms with Crippen LogP contribution in [0.25, 0.3) is 0 Å². The summed E-state index contributed by atoms with van der Waals surface area (Å²) in [5.41, 5.74) is 2.99. The van der Waals surface area contributed by atoms with E-state index < -0.39 is 11.9 Å². The number of aryl methyl sites for hydroxylation is 2. The first-order valence-electron chi connectivity index (χ1n) is 13.9. The molecule has 1 saturated heterocycles. The lowest BCUT2D eigenvalue weighted by atomic mass is 9.83. The van der Waals surface area contributed by atoms with E-state index in [1.165, 1.54) is 0 Å². The van der Waals surface area contributed by atoms with Gasteiger partial charge in [0.05, 0.1) is 25.4 Å². The Labute approximate surface area is 229 Å². The second kappa shape index (κ2) is 12.0. The molecule has 1 N–H and O–H groups in total. The first-order valence-corrected chi connectivity index (χ1v) is 13.9. The van der Waals surface area contributed by atoms with Gasteiger partial charge in [-0.05, 0) is 36.1 Å². The molecule has 0 bridgehead atoms. The Bertz CT molecular complexity index is 1290. The zero-order valence-electron chi connectivity index (χ0n) is 22.8. The number of unbranched alkanes of at least 4 members (excludes halogenated alkanes) is 1. The third-order valence-electron chi connectivity index (χ3n) is 8.03. The van der Waals surface area contributed by atoms with Crippen molar-refractivity contribution in [2.24, 2.45) is 13.0 Å². The Balaban J connectivity index is 1.43. The second-order valence-electron chi connectivity index (χ2n) is 10.6. The number of aliphatic carboxylic acids is 1. The summed E-state index contributed by atoms with van der Waals surface area (Å²) in [5.74, 6) is -0.780. The molecule has 3 aromatic rings. The maximum atomic E-state index is 13.9. The topological polar surface area (TPSA) is 91.8 Å². The van der Waals surface area contributed by atoms with Gasteiger partial charge < -0.3 is 19.3 Å². The number of aromatic nitrogens is 3. The summed E-state index contributed by atoms with van der Waals surface area (Å²) in [6.45, 7) is 4.72. The summed E-state index contributed by atoms with van der Waals surface area (Å²) >= 11 is 0. The highest BCUT2D eigenvalue weighted by Gasteiger charge is 2.47. The molecule has 206 valence electrons. The average Bonchev–Trinajstić information content (AvgIpc) is 3.67. The van der Waals surface area contributed by atoms with Gasteiger partial charge in [-0.25, -0.2) is 9.55 Å².